The molecule has 19 heavy (non-hydrogen) atoms. The van der Waals surface area contributed by atoms with Gasteiger partial charge in [0.1, 0.15) is 16.8 Å². The first-order valence-corrected chi connectivity index (χ1v) is 7.34. The minimum Gasteiger partial charge on any atom is -0.367 e. The van der Waals surface area contributed by atoms with E-state index in [0.29, 0.717) is 11.2 Å². The van der Waals surface area contributed by atoms with E-state index in [1.54, 1.807) is 0 Å². The number of aromatic nitrogens is 2. The number of likely N-dealkylation sites (tertiary alicyclic amines) is 1. The third-order valence-electron chi connectivity index (χ3n) is 3.68. The maximum Gasteiger partial charge on any atom is 0.137 e. The monoisotopic (exact) mass is 282 g/mol. The zero-order chi connectivity index (χ0) is 14.0. The van der Waals surface area contributed by atoms with Crippen LogP contribution in [0, 0.1) is 6.92 Å². The minimum atomic E-state index is 0.288. The SMILES string of the molecule is Cc1c(Cl)nc(C(C)C)nc1NC1CCN(C)CC1. The molecule has 106 valence electrons. The second-order valence-corrected chi connectivity index (χ2v) is 6.08. The largest absolute Gasteiger partial charge is 0.367 e. The molecule has 0 aromatic carbocycles. The normalized spacial score (nSPS) is 18.0. The first-order valence-electron chi connectivity index (χ1n) is 6.96. The highest BCUT2D eigenvalue weighted by atomic mass is 35.5. The molecule has 1 aromatic rings. The van der Waals surface area contributed by atoms with E-state index in [0.717, 1.165) is 43.1 Å². The van der Waals surface area contributed by atoms with E-state index < -0.39 is 0 Å². The summed E-state index contributed by atoms with van der Waals surface area (Å²) in [5, 5.41) is 4.11. The molecular weight excluding hydrogens is 260 g/mol. The van der Waals surface area contributed by atoms with Crippen LogP contribution < -0.4 is 5.32 Å². The zero-order valence-corrected chi connectivity index (χ0v) is 13.0. The smallest absolute Gasteiger partial charge is 0.137 e. The fourth-order valence-electron chi connectivity index (χ4n) is 2.25. The Hall–Kier alpha value is -0.870. The third-order valence-corrected chi connectivity index (χ3v) is 4.05. The van der Waals surface area contributed by atoms with Crippen molar-refractivity contribution in [2.24, 2.45) is 0 Å². The number of nitrogens with one attached hydrogen (secondary N) is 1. The highest BCUT2D eigenvalue weighted by molar-refractivity contribution is 6.30. The van der Waals surface area contributed by atoms with Crippen LogP contribution >= 0.6 is 11.6 Å². The Balaban J connectivity index is 2.15. The van der Waals surface area contributed by atoms with Gasteiger partial charge >= 0.3 is 0 Å². The van der Waals surface area contributed by atoms with Gasteiger partial charge in [-0.2, -0.15) is 0 Å². The van der Waals surface area contributed by atoms with Gasteiger partial charge in [0.05, 0.1) is 0 Å². The van der Waals surface area contributed by atoms with Crippen molar-refractivity contribution in [3.05, 3.63) is 16.5 Å². The van der Waals surface area contributed by atoms with Crippen molar-refractivity contribution in [1.82, 2.24) is 14.9 Å². The summed E-state index contributed by atoms with van der Waals surface area (Å²) < 4.78 is 0. The number of halogens is 1. The van der Waals surface area contributed by atoms with E-state index in [2.05, 4.69) is 41.1 Å². The molecule has 0 unspecified atom stereocenters. The molecule has 5 heteroatoms. The molecular formula is C14H23ClN4. The number of hydrogen-bond acceptors (Lipinski definition) is 4. The lowest BCUT2D eigenvalue weighted by molar-refractivity contribution is 0.263. The van der Waals surface area contributed by atoms with Crippen LogP contribution in [0.5, 0.6) is 0 Å². The van der Waals surface area contributed by atoms with Crippen molar-refractivity contribution in [3.63, 3.8) is 0 Å². The lowest BCUT2D eigenvalue weighted by atomic mass is 10.1. The summed E-state index contributed by atoms with van der Waals surface area (Å²) in [7, 11) is 2.17. The van der Waals surface area contributed by atoms with Crippen molar-refractivity contribution in [3.8, 4) is 0 Å². The van der Waals surface area contributed by atoms with Crippen LogP contribution in [0.4, 0.5) is 5.82 Å². The second kappa shape index (κ2) is 6.06. The molecule has 2 heterocycles. The molecule has 2 rings (SSSR count). The van der Waals surface area contributed by atoms with Crippen molar-refractivity contribution in [2.75, 3.05) is 25.5 Å². The van der Waals surface area contributed by atoms with E-state index in [-0.39, 0.29) is 5.92 Å². The summed E-state index contributed by atoms with van der Waals surface area (Å²) in [6.45, 7) is 8.41. The summed E-state index contributed by atoms with van der Waals surface area (Å²) in [5.41, 5.74) is 0.949. The quantitative estimate of drug-likeness (QED) is 0.865. The Morgan fingerprint density at radius 2 is 1.89 bits per heavy atom. The molecule has 1 aromatic heterocycles. The lowest BCUT2D eigenvalue weighted by Gasteiger charge is -2.30. The fourth-order valence-corrected chi connectivity index (χ4v) is 2.43. The van der Waals surface area contributed by atoms with Crippen molar-refractivity contribution in [2.45, 2.75) is 45.6 Å². The molecule has 0 spiro atoms. The van der Waals surface area contributed by atoms with Gasteiger partial charge in [-0.25, -0.2) is 9.97 Å². The number of piperidine rings is 1. The van der Waals surface area contributed by atoms with Crippen LogP contribution in [0.2, 0.25) is 5.15 Å². The van der Waals surface area contributed by atoms with Crippen LogP contribution in [-0.4, -0.2) is 41.0 Å². The van der Waals surface area contributed by atoms with Crippen molar-refractivity contribution in [1.29, 1.82) is 0 Å². The molecule has 1 aliphatic rings. The molecule has 0 amide bonds. The molecule has 0 atom stereocenters. The topological polar surface area (TPSA) is 41.1 Å². The maximum atomic E-state index is 6.20. The van der Waals surface area contributed by atoms with E-state index >= 15 is 0 Å². The summed E-state index contributed by atoms with van der Waals surface area (Å²) in [6.07, 6.45) is 2.29. The van der Waals surface area contributed by atoms with E-state index in [4.69, 9.17) is 11.6 Å². The average Bonchev–Trinajstić information content (AvgIpc) is 2.37. The molecule has 1 N–H and O–H groups in total. The molecule has 1 fully saturated rings. The summed E-state index contributed by atoms with van der Waals surface area (Å²) in [5.74, 6) is 2.00. The van der Waals surface area contributed by atoms with Gasteiger partial charge in [0.2, 0.25) is 0 Å². The third kappa shape index (κ3) is 3.57. The fraction of sp³-hybridized carbons (Fsp3) is 0.714. The van der Waals surface area contributed by atoms with Gasteiger partial charge in [-0.3, -0.25) is 0 Å². The van der Waals surface area contributed by atoms with Crippen LogP contribution in [-0.2, 0) is 0 Å². The lowest BCUT2D eigenvalue weighted by Crippen LogP contribution is -2.37. The average molecular weight is 283 g/mol. The van der Waals surface area contributed by atoms with Gasteiger partial charge < -0.3 is 10.2 Å². The standard InChI is InChI=1S/C14H23ClN4/c1-9(2)13-17-12(15)10(3)14(18-13)16-11-5-7-19(4)8-6-11/h9,11H,5-8H2,1-4H3,(H,16,17,18). The Bertz CT molecular complexity index is 439. The number of anilines is 1. The molecule has 4 nitrogen and oxygen atoms in total. The van der Waals surface area contributed by atoms with Crippen molar-refractivity contribution >= 4 is 17.4 Å². The summed E-state index contributed by atoms with van der Waals surface area (Å²) in [4.78, 5) is 11.3. The molecule has 0 aliphatic carbocycles. The van der Waals surface area contributed by atoms with E-state index in [1.165, 1.54) is 0 Å². The number of rotatable bonds is 3. The van der Waals surface area contributed by atoms with Gasteiger partial charge in [0, 0.05) is 17.5 Å². The van der Waals surface area contributed by atoms with Crippen LogP contribution in [0.1, 0.15) is 44.0 Å². The molecule has 1 saturated heterocycles. The summed E-state index contributed by atoms with van der Waals surface area (Å²) in [6, 6.07) is 0.487. The molecule has 0 bridgehead atoms. The van der Waals surface area contributed by atoms with Crippen LogP contribution in [0.3, 0.4) is 0 Å². The van der Waals surface area contributed by atoms with Gasteiger partial charge in [0.25, 0.3) is 0 Å². The Morgan fingerprint density at radius 1 is 1.26 bits per heavy atom. The predicted molar refractivity (Wildman–Crippen MR) is 80.0 cm³/mol. The highest BCUT2D eigenvalue weighted by Gasteiger charge is 2.19. The molecule has 1 aliphatic heterocycles. The first-order chi connectivity index (χ1) is 8.97. The van der Waals surface area contributed by atoms with Gasteiger partial charge in [-0.15, -0.1) is 0 Å². The van der Waals surface area contributed by atoms with Crippen molar-refractivity contribution < 1.29 is 0 Å². The number of nitrogens with zero attached hydrogens (tertiary/aromatic N) is 3. The molecule has 0 radical (unpaired) electrons. The summed E-state index contributed by atoms with van der Waals surface area (Å²) >= 11 is 6.20. The Morgan fingerprint density at radius 3 is 2.47 bits per heavy atom. The predicted octanol–water partition coefficient (Wildman–Crippen LogP) is 3.07. The zero-order valence-electron chi connectivity index (χ0n) is 12.2. The van der Waals surface area contributed by atoms with Gasteiger partial charge in [-0.1, -0.05) is 25.4 Å². The van der Waals surface area contributed by atoms with E-state index in [9.17, 15) is 0 Å². The van der Waals surface area contributed by atoms with Gasteiger partial charge in [-0.05, 0) is 39.9 Å². The Kier molecular flexibility index (Phi) is 4.63. The van der Waals surface area contributed by atoms with Crippen LogP contribution in [0.25, 0.3) is 0 Å². The highest BCUT2D eigenvalue weighted by Crippen LogP contribution is 2.24. The van der Waals surface area contributed by atoms with Gasteiger partial charge in [0.15, 0.2) is 0 Å². The van der Waals surface area contributed by atoms with Crippen LogP contribution in [0.15, 0.2) is 0 Å². The van der Waals surface area contributed by atoms with E-state index in [1.807, 2.05) is 6.92 Å². The number of hydrogen-bond donors (Lipinski definition) is 1. The maximum absolute atomic E-state index is 6.20. The first kappa shape index (κ1) is 14.5. The Labute approximate surface area is 120 Å². The molecule has 0 saturated carbocycles. The minimum absolute atomic E-state index is 0.288. The second-order valence-electron chi connectivity index (χ2n) is 5.72.